The van der Waals surface area contributed by atoms with E-state index in [1.54, 1.807) is 54.3 Å². The maximum Gasteiger partial charge on any atom is 0.347 e. The van der Waals surface area contributed by atoms with Gasteiger partial charge in [0.15, 0.2) is 0 Å². The number of fused-ring (bicyclic) bond motifs is 1. The van der Waals surface area contributed by atoms with Crippen molar-refractivity contribution >= 4 is 40.1 Å². The zero-order valence-corrected chi connectivity index (χ0v) is 17.2. The SMILES string of the molecule is COc1ccc2c(c1)c(OC(=O)c1c(Cl)cccc1Cl)nn2Cc1ccc(F)cc1. The highest BCUT2D eigenvalue weighted by molar-refractivity contribution is 6.39. The molecule has 4 rings (SSSR count). The first kappa shape index (κ1) is 20.2. The van der Waals surface area contributed by atoms with E-state index in [4.69, 9.17) is 32.7 Å². The van der Waals surface area contributed by atoms with Crippen molar-refractivity contribution in [2.24, 2.45) is 0 Å². The summed E-state index contributed by atoms with van der Waals surface area (Å²) in [5.41, 5.74) is 1.61. The van der Waals surface area contributed by atoms with E-state index >= 15 is 0 Å². The third-order valence-corrected chi connectivity index (χ3v) is 5.16. The van der Waals surface area contributed by atoms with E-state index in [0.29, 0.717) is 23.2 Å². The fourth-order valence-corrected chi connectivity index (χ4v) is 3.60. The van der Waals surface area contributed by atoms with Crippen molar-refractivity contribution in [2.45, 2.75) is 6.54 Å². The number of aromatic nitrogens is 2. The van der Waals surface area contributed by atoms with Gasteiger partial charge in [0.1, 0.15) is 11.6 Å². The Hall–Kier alpha value is -3.09. The quantitative estimate of drug-likeness (QED) is 0.367. The topological polar surface area (TPSA) is 53.4 Å². The molecule has 0 spiro atoms. The molecule has 152 valence electrons. The molecule has 0 saturated heterocycles. The standard InChI is InChI=1S/C22H15Cl2FN2O3/c1-29-15-9-10-19-16(11-15)21(26-27(19)12-13-5-7-14(25)8-6-13)30-22(28)20-17(23)3-2-4-18(20)24/h2-11H,12H2,1H3. The molecule has 3 aromatic carbocycles. The third-order valence-electron chi connectivity index (χ3n) is 4.53. The number of hydrogen-bond acceptors (Lipinski definition) is 4. The molecule has 1 heterocycles. The van der Waals surface area contributed by atoms with Crippen LogP contribution in [0.25, 0.3) is 10.9 Å². The molecule has 0 bridgehead atoms. The summed E-state index contributed by atoms with van der Waals surface area (Å²) in [5.74, 6) is -0.370. The first-order valence-corrected chi connectivity index (χ1v) is 9.67. The fourth-order valence-electron chi connectivity index (χ4n) is 3.05. The van der Waals surface area contributed by atoms with Gasteiger partial charge in [-0.15, -0.1) is 5.10 Å². The molecule has 0 radical (unpaired) electrons. The minimum atomic E-state index is -0.721. The zero-order chi connectivity index (χ0) is 21.3. The van der Waals surface area contributed by atoms with Crippen molar-refractivity contribution in [3.05, 3.63) is 87.7 Å². The van der Waals surface area contributed by atoms with E-state index in [9.17, 15) is 9.18 Å². The Bertz CT molecular complexity index is 1220. The van der Waals surface area contributed by atoms with Crippen molar-refractivity contribution in [2.75, 3.05) is 7.11 Å². The Morgan fingerprint density at radius 3 is 2.43 bits per heavy atom. The van der Waals surface area contributed by atoms with E-state index in [1.807, 2.05) is 6.07 Å². The molecule has 8 heteroatoms. The molecule has 4 aromatic rings. The Kier molecular flexibility index (Phi) is 5.61. The van der Waals surface area contributed by atoms with Crippen LogP contribution in [0, 0.1) is 5.82 Å². The summed E-state index contributed by atoms with van der Waals surface area (Å²) in [6.45, 7) is 0.355. The predicted octanol–water partition coefficient (Wildman–Crippen LogP) is 5.76. The van der Waals surface area contributed by atoms with Crippen molar-refractivity contribution < 1.29 is 18.7 Å². The second-order valence-electron chi connectivity index (χ2n) is 6.46. The number of benzene rings is 3. The lowest BCUT2D eigenvalue weighted by molar-refractivity contribution is 0.0729. The normalized spacial score (nSPS) is 10.9. The van der Waals surface area contributed by atoms with Crippen molar-refractivity contribution in [3.63, 3.8) is 0 Å². The van der Waals surface area contributed by atoms with Gasteiger partial charge in [-0.3, -0.25) is 4.68 Å². The van der Waals surface area contributed by atoms with E-state index in [2.05, 4.69) is 5.10 Å². The van der Waals surface area contributed by atoms with Crippen LogP contribution in [0.15, 0.2) is 60.7 Å². The lowest BCUT2D eigenvalue weighted by Gasteiger charge is -2.06. The number of nitrogens with zero attached hydrogens (tertiary/aromatic N) is 2. The highest BCUT2D eigenvalue weighted by atomic mass is 35.5. The fraction of sp³-hybridized carbons (Fsp3) is 0.0909. The highest BCUT2D eigenvalue weighted by Gasteiger charge is 2.21. The molecule has 0 fully saturated rings. The summed E-state index contributed by atoms with van der Waals surface area (Å²) in [7, 11) is 1.54. The molecule has 0 aliphatic rings. The second kappa shape index (κ2) is 8.34. The molecule has 30 heavy (non-hydrogen) atoms. The Morgan fingerprint density at radius 2 is 1.77 bits per heavy atom. The number of esters is 1. The monoisotopic (exact) mass is 444 g/mol. The average molecular weight is 445 g/mol. The molecule has 0 amide bonds. The first-order chi connectivity index (χ1) is 14.5. The van der Waals surface area contributed by atoms with Gasteiger partial charge in [0.05, 0.1) is 40.2 Å². The van der Waals surface area contributed by atoms with Gasteiger partial charge in [-0.25, -0.2) is 9.18 Å². The number of carbonyl (C=O) groups excluding carboxylic acids is 1. The van der Waals surface area contributed by atoms with Crippen LogP contribution in [0.4, 0.5) is 4.39 Å². The van der Waals surface area contributed by atoms with E-state index in [0.717, 1.165) is 5.56 Å². The summed E-state index contributed by atoms with van der Waals surface area (Å²) >= 11 is 12.2. The molecular formula is C22H15Cl2FN2O3. The molecular weight excluding hydrogens is 430 g/mol. The van der Waals surface area contributed by atoms with Crippen LogP contribution < -0.4 is 9.47 Å². The van der Waals surface area contributed by atoms with Crippen LogP contribution in [0.2, 0.25) is 10.0 Å². The lowest BCUT2D eigenvalue weighted by atomic mass is 10.2. The summed E-state index contributed by atoms with van der Waals surface area (Å²) in [5, 5.41) is 5.38. The molecule has 5 nitrogen and oxygen atoms in total. The van der Waals surface area contributed by atoms with Crippen molar-refractivity contribution in [1.29, 1.82) is 0 Å². The summed E-state index contributed by atoms with van der Waals surface area (Å²) in [4.78, 5) is 12.7. The van der Waals surface area contributed by atoms with Crippen molar-refractivity contribution in [1.82, 2.24) is 9.78 Å². The number of methoxy groups -OCH3 is 1. The predicted molar refractivity (Wildman–Crippen MR) is 113 cm³/mol. The van der Waals surface area contributed by atoms with Crippen LogP contribution in [0.5, 0.6) is 11.6 Å². The highest BCUT2D eigenvalue weighted by Crippen LogP contribution is 2.32. The summed E-state index contributed by atoms with van der Waals surface area (Å²) < 4.78 is 25.7. The lowest BCUT2D eigenvalue weighted by Crippen LogP contribution is -2.11. The van der Waals surface area contributed by atoms with Crippen LogP contribution in [-0.4, -0.2) is 22.9 Å². The van der Waals surface area contributed by atoms with Gasteiger partial charge in [0, 0.05) is 0 Å². The number of carbonyl (C=O) groups is 1. The minimum absolute atomic E-state index is 0.0602. The van der Waals surface area contributed by atoms with Crippen LogP contribution >= 0.6 is 23.2 Å². The van der Waals surface area contributed by atoms with Gasteiger partial charge < -0.3 is 9.47 Å². The van der Waals surface area contributed by atoms with Gasteiger partial charge in [0.2, 0.25) is 5.88 Å². The van der Waals surface area contributed by atoms with Gasteiger partial charge in [-0.05, 0) is 48.0 Å². The largest absolute Gasteiger partial charge is 0.497 e. The first-order valence-electron chi connectivity index (χ1n) is 8.91. The number of rotatable bonds is 5. The van der Waals surface area contributed by atoms with Crippen LogP contribution in [0.3, 0.4) is 0 Å². The van der Waals surface area contributed by atoms with Crippen LogP contribution in [-0.2, 0) is 6.54 Å². The molecule has 1 aromatic heterocycles. The molecule has 0 atom stereocenters. The smallest absolute Gasteiger partial charge is 0.347 e. The minimum Gasteiger partial charge on any atom is -0.497 e. The van der Waals surface area contributed by atoms with E-state index in [-0.39, 0.29) is 27.3 Å². The molecule has 0 aliphatic heterocycles. The van der Waals surface area contributed by atoms with Gasteiger partial charge >= 0.3 is 5.97 Å². The second-order valence-corrected chi connectivity index (χ2v) is 7.27. The summed E-state index contributed by atoms with van der Waals surface area (Å²) in [6.07, 6.45) is 0. The average Bonchev–Trinajstić information content (AvgIpc) is 3.06. The van der Waals surface area contributed by atoms with Crippen molar-refractivity contribution in [3.8, 4) is 11.6 Å². The summed E-state index contributed by atoms with van der Waals surface area (Å²) in [6, 6.07) is 16.2. The number of ether oxygens (including phenoxy) is 2. The maximum absolute atomic E-state index is 13.2. The van der Waals surface area contributed by atoms with E-state index < -0.39 is 5.97 Å². The Balaban J connectivity index is 1.75. The molecule has 0 saturated carbocycles. The maximum atomic E-state index is 13.2. The van der Waals surface area contributed by atoms with Gasteiger partial charge in [0.25, 0.3) is 0 Å². The zero-order valence-electron chi connectivity index (χ0n) is 15.7. The number of halogens is 3. The molecule has 0 aliphatic carbocycles. The number of hydrogen-bond donors (Lipinski definition) is 0. The molecule has 0 N–H and O–H groups in total. The molecule has 0 unspecified atom stereocenters. The Morgan fingerprint density at radius 1 is 1.07 bits per heavy atom. The van der Waals surface area contributed by atoms with E-state index in [1.165, 1.54) is 12.1 Å². The Labute approximate surface area is 181 Å². The van der Waals surface area contributed by atoms with Gasteiger partial charge in [-0.1, -0.05) is 41.4 Å². The van der Waals surface area contributed by atoms with Gasteiger partial charge in [-0.2, -0.15) is 0 Å². The third kappa shape index (κ3) is 3.97. The van der Waals surface area contributed by atoms with Crippen LogP contribution in [0.1, 0.15) is 15.9 Å².